The van der Waals surface area contributed by atoms with E-state index < -0.39 is 17.2 Å². The van der Waals surface area contributed by atoms with E-state index in [0.29, 0.717) is 24.1 Å². The number of hydrogen-bond acceptors (Lipinski definition) is 4. The Balaban J connectivity index is 1.66. The van der Waals surface area contributed by atoms with Crippen molar-refractivity contribution in [3.63, 3.8) is 0 Å². The molecule has 26 heavy (non-hydrogen) atoms. The fourth-order valence-electron chi connectivity index (χ4n) is 4.46. The summed E-state index contributed by atoms with van der Waals surface area (Å²) in [4.78, 5) is 27.8. The number of aromatic nitrogens is 2. The standard InChI is InChI=1S/C19H23FN4O2/c1-3-24-15-6-4-5-14(20)16(15)18(25)17(22-24)19(26)21-11-9-12-7-8-13(10-11)23(12)2/h4-6,11-13H,3,7-10H2,1-2H3,(H,21,26). The number of fused-ring (bicyclic) bond motifs is 3. The van der Waals surface area contributed by atoms with Crippen LogP contribution in [0.2, 0.25) is 0 Å². The number of aryl methyl sites for hydroxylation is 1. The van der Waals surface area contributed by atoms with Gasteiger partial charge in [-0.1, -0.05) is 6.07 Å². The van der Waals surface area contributed by atoms with Gasteiger partial charge in [-0.3, -0.25) is 14.3 Å². The number of piperidine rings is 1. The van der Waals surface area contributed by atoms with Crippen LogP contribution in [0.15, 0.2) is 23.0 Å². The van der Waals surface area contributed by atoms with E-state index in [1.807, 2.05) is 6.92 Å². The van der Waals surface area contributed by atoms with Gasteiger partial charge in [-0.2, -0.15) is 5.10 Å². The summed E-state index contributed by atoms with van der Waals surface area (Å²) in [6.07, 6.45) is 4.05. The smallest absolute Gasteiger partial charge is 0.276 e. The highest BCUT2D eigenvalue weighted by atomic mass is 19.1. The van der Waals surface area contributed by atoms with Gasteiger partial charge < -0.3 is 10.2 Å². The molecule has 1 N–H and O–H groups in total. The third kappa shape index (κ3) is 2.70. The fourth-order valence-corrected chi connectivity index (χ4v) is 4.46. The van der Waals surface area contributed by atoms with Gasteiger partial charge in [0.1, 0.15) is 5.82 Å². The maximum Gasteiger partial charge on any atom is 0.276 e. The van der Waals surface area contributed by atoms with Crippen molar-refractivity contribution in [3.05, 3.63) is 39.9 Å². The van der Waals surface area contributed by atoms with E-state index >= 15 is 0 Å². The van der Waals surface area contributed by atoms with Crippen molar-refractivity contribution >= 4 is 16.8 Å². The van der Waals surface area contributed by atoms with Gasteiger partial charge in [0.25, 0.3) is 5.91 Å². The zero-order valence-electron chi connectivity index (χ0n) is 15.0. The zero-order chi connectivity index (χ0) is 18.4. The number of carbonyl (C=O) groups is 1. The Morgan fingerprint density at radius 2 is 2.00 bits per heavy atom. The molecule has 7 heteroatoms. The van der Waals surface area contributed by atoms with Crippen LogP contribution in [0.1, 0.15) is 43.1 Å². The summed E-state index contributed by atoms with van der Waals surface area (Å²) in [5.41, 5.74) is -0.460. The van der Waals surface area contributed by atoms with Crippen molar-refractivity contribution in [2.75, 3.05) is 7.05 Å². The molecule has 1 aromatic carbocycles. The van der Waals surface area contributed by atoms with Gasteiger partial charge in [0.15, 0.2) is 5.69 Å². The molecule has 1 amide bonds. The number of nitrogens with zero attached hydrogens (tertiary/aromatic N) is 3. The summed E-state index contributed by atoms with van der Waals surface area (Å²) in [6, 6.07) is 5.41. The fraction of sp³-hybridized carbons (Fsp3) is 0.526. The van der Waals surface area contributed by atoms with Crippen LogP contribution < -0.4 is 10.7 Å². The van der Waals surface area contributed by atoms with Crippen molar-refractivity contribution in [1.82, 2.24) is 20.0 Å². The third-order valence-corrected chi connectivity index (χ3v) is 5.88. The first-order valence-corrected chi connectivity index (χ1v) is 9.21. The molecule has 3 heterocycles. The Bertz CT molecular complexity index is 912. The average Bonchev–Trinajstić information content (AvgIpc) is 2.83. The lowest BCUT2D eigenvalue weighted by molar-refractivity contribution is 0.0874. The zero-order valence-corrected chi connectivity index (χ0v) is 15.0. The Hall–Kier alpha value is -2.28. The second-order valence-electron chi connectivity index (χ2n) is 7.32. The van der Waals surface area contributed by atoms with E-state index in [4.69, 9.17) is 0 Å². The topological polar surface area (TPSA) is 67.2 Å². The van der Waals surface area contributed by atoms with E-state index in [1.54, 1.807) is 12.1 Å². The van der Waals surface area contributed by atoms with E-state index in [-0.39, 0.29) is 17.1 Å². The first-order valence-electron chi connectivity index (χ1n) is 9.21. The Labute approximate surface area is 151 Å². The summed E-state index contributed by atoms with van der Waals surface area (Å²) >= 11 is 0. The molecule has 138 valence electrons. The monoisotopic (exact) mass is 358 g/mol. The maximum absolute atomic E-state index is 14.2. The highest BCUT2D eigenvalue weighted by molar-refractivity contribution is 5.95. The largest absolute Gasteiger partial charge is 0.348 e. The van der Waals surface area contributed by atoms with Gasteiger partial charge >= 0.3 is 0 Å². The van der Waals surface area contributed by atoms with Crippen LogP contribution in [0.25, 0.3) is 10.9 Å². The van der Waals surface area contributed by atoms with Gasteiger partial charge in [-0.25, -0.2) is 4.39 Å². The van der Waals surface area contributed by atoms with Crippen molar-refractivity contribution in [1.29, 1.82) is 0 Å². The molecule has 2 aliphatic heterocycles. The normalized spacial score (nSPS) is 25.6. The summed E-state index contributed by atoms with van der Waals surface area (Å²) in [5.74, 6) is -1.13. The van der Waals surface area contributed by atoms with Crippen LogP contribution in [0, 0.1) is 5.82 Å². The number of rotatable bonds is 3. The van der Waals surface area contributed by atoms with Gasteiger partial charge in [0.2, 0.25) is 5.43 Å². The number of amides is 1. The predicted molar refractivity (Wildman–Crippen MR) is 96.7 cm³/mol. The minimum atomic E-state index is -0.642. The van der Waals surface area contributed by atoms with Crippen molar-refractivity contribution < 1.29 is 9.18 Å². The Morgan fingerprint density at radius 3 is 2.65 bits per heavy atom. The lowest BCUT2D eigenvalue weighted by atomic mass is 9.98. The summed E-state index contributed by atoms with van der Waals surface area (Å²) < 4.78 is 15.7. The van der Waals surface area contributed by atoms with E-state index in [2.05, 4.69) is 22.4 Å². The summed E-state index contributed by atoms with van der Waals surface area (Å²) in [5, 5.41) is 7.11. The number of carbonyl (C=O) groups excluding carboxylic acids is 1. The van der Waals surface area contributed by atoms with Crippen LogP contribution in [0.5, 0.6) is 0 Å². The quantitative estimate of drug-likeness (QED) is 0.910. The molecule has 4 rings (SSSR count). The number of nitrogens with one attached hydrogen (secondary N) is 1. The molecule has 2 atom stereocenters. The summed E-state index contributed by atoms with van der Waals surface area (Å²) in [6.45, 7) is 2.29. The van der Waals surface area contributed by atoms with Crippen molar-refractivity contribution in [3.8, 4) is 0 Å². The Morgan fingerprint density at radius 1 is 1.31 bits per heavy atom. The minimum absolute atomic E-state index is 0.0313. The van der Waals surface area contributed by atoms with Crippen LogP contribution in [0.3, 0.4) is 0 Å². The van der Waals surface area contributed by atoms with Gasteiger partial charge in [0, 0.05) is 24.7 Å². The molecular weight excluding hydrogens is 335 g/mol. The highest BCUT2D eigenvalue weighted by Gasteiger charge is 2.39. The number of benzene rings is 1. The molecule has 2 unspecified atom stereocenters. The minimum Gasteiger partial charge on any atom is -0.348 e. The van der Waals surface area contributed by atoms with Gasteiger partial charge in [-0.15, -0.1) is 0 Å². The molecule has 0 saturated carbocycles. The molecule has 0 radical (unpaired) electrons. The predicted octanol–water partition coefficient (Wildman–Crippen LogP) is 1.91. The maximum atomic E-state index is 14.2. The second-order valence-corrected chi connectivity index (χ2v) is 7.32. The molecular formula is C19H23FN4O2. The molecule has 2 aromatic rings. The van der Waals surface area contributed by atoms with Crippen molar-refractivity contribution in [2.45, 2.75) is 57.3 Å². The van der Waals surface area contributed by atoms with Gasteiger partial charge in [-0.05, 0) is 51.8 Å². The first-order chi connectivity index (χ1) is 12.5. The molecule has 6 nitrogen and oxygen atoms in total. The molecule has 0 aliphatic carbocycles. The van der Waals surface area contributed by atoms with Crippen LogP contribution in [-0.4, -0.2) is 45.8 Å². The second kappa shape index (κ2) is 6.46. The van der Waals surface area contributed by atoms with Crippen LogP contribution in [-0.2, 0) is 6.54 Å². The third-order valence-electron chi connectivity index (χ3n) is 5.88. The average molecular weight is 358 g/mol. The molecule has 1 aromatic heterocycles. The first kappa shape index (κ1) is 17.1. The number of halogens is 1. The SMILES string of the molecule is CCn1nc(C(=O)NC2CC3CCC(C2)N3C)c(=O)c2c(F)cccc21. The molecule has 2 fully saturated rings. The lowest BCUT2D eigenvalue weighted by Gasteiger charge is -2.36. The van der Waals surface area contributed by atoms with Gasteiger partial charge in [0.05, 0.1) is 10.9 Å². The number of hydrogen-bond donors (Lipinski definition) is 1. The summed E-state index contributed by atoms with van der Waals surface area (Å²) in [7, 11) is 2.13. The van der Waals surface area contributed by atoms with E-state index in [9.17, 15) is 14.0 Å². The molecule has 0 spiro atoms. The van der Waals surface area contributed by atoms with E-state index in [0.717, 1.165) is 25.7 Å². The van der Waals surface area contributed by atoms with E-state index in [1.165, 1.54) is 10.7 Å². The molecule has 2 aliphatic rings. The molecule has 2 bridgehead atoms. The van der Waals surface area contributed by atoms with Crippen molar-refractivity contribution in [2.24, 2.45) is 0 Å². The Kier molecular flexibility index (Phi) is 4.26. The lowest BCUT2D eigenvalue weighted by Crippen LogP contribution is -2.49. The highest BCUT2D eigenvalue weighted by Crippen LogP contribution is 2.34. The molecule has 2 saturated heterocycles. The van der Waals surface area contributed by atoms with Crippen LogP contribution in [0.4, 0.5) is 4.39 Å². The van der Waals surface area contributed by atoms with Crippen LogP contribution >= 0.6 is 0 Å².